The molecule has 0 fully saturated rings. The van der Waals surface area contributed by atoms with Gasteiger partial charge in [-0.25, -0.2) is 0 Å². The maximum atomic E-state index is 11.7. The van der Waals surface area contributed by atoms with E-state index >= 15 is 0 Å². The van der Waals surface area contributed by atoms with E-state index in [9.17, 15) is 9.90 Å². The molecule has 2 unspecified atom stereocenters. The van der Waals surface area contributed by atoms with Gasteiger partial charge in [0.15, 0.2) is 0 Å². The van der Waals surface area contributed by atoms with Crippen molar-refractivity contribution < 1.29 is 9.90 Å². The summed E-state index contributed by atoms with van der Waals surface area (Å²) in [4.78, 5) is 11.7. The summed E-state index contributed by atoms with van der Waals surface area (Å²) in [6.45, 7) is 5.91. The van der Waals surface area contributed by atoms with Gasteiger partial charge < -0.3 is 16.2 Å². The molecular weight excluding hydrogens is 192 g/mol. The van der Waals surface area contributed by atoms with E-state index in [1.54, 1.807) is 7.05 Å². The summed E-state index contributed by atoms with van der Waals surface area (Å²) in [6, 6.07) is 0. The summed E-state index contributed by atoms with van der Waals surface area (Å²) in [5, 5.41) is 12.2. The number of hydrogen-bond donors (Lipinski definition) is 3. The molecule has 2 atom stereocenters. The average Bonchev–Trinajstić information content (AvgIpc) is 2.14. The van der Waals surface area contributed by atoms with Crippen LogP contribution in [-0.2, 0) is 4.79 Å². The Labute approximate surface area is 92.2 Å². The number of nitrogens with two attached hydrogens (primary N) is 1. The maximum absolute atomic E-state index is 11.7. The van der Waals surface area contributed by atoms with Crippen LogP contribution in [0.25, 0.3) is 0 Å². The van der Waals surface area contributed by atoms with Crippen LogP contribution in [0.5, 0.6) is 0 Å². The number of aliphatic hydroxyl groups is 1. The molecule has 0 radical (unpaired) electrons. The van der Waals surface area contributed by atoms with E-state index in [1.165, 1.54) is 0 Å². The Balaban J connectivity index is 4.61. The predicted molar refractivity (Wildman–Crippen MR) is 61.4 cm³/mol. The molecule has 0 saturated carbocycles. The van der Waals surface area contributed by atoms with Crippen LogP contribution in [0.3, 0.4) is 0 Å². The van der Waals surface area contributed by atoms with E-state index < -0.39 is 11.6 Å². The van der Waals surface area contributed by atoms with Crippen LogP contribution in [0.2, 0.25) is 0 Å². The zero-order valence-corrected chi connectivity index (χ0v) is 10.2. The first kappa shape index (κ1) is 14.4. The van der Waals surface area contributed by atoms with Crippen molar-refractivity contribution in [2.75, 3.05) is 7.05 Å². The second-order valence-electron chi connectivity index (χ2n) is 4.60. The lowest BCUT2D eigenvalue weighted by atomic mass is 9.83. The zero-order chi connectivity index (χ0) is 12.1. The number of hydrogen-bond acceptors (Lipinski definition) is 3. The van der Waals surface area contributed by atoms with Crippen molar-refractivity contribution >= 4 is 5.91 Å². The number of amides is 1. The lowest BCUT2D eigenvalue weighted by Gasteiger charge is -2.31. The molecule has 0 aliphatic heterocycles. The fourth-order valence-corrected chi connectivity index (χ4v) is 1.81. The SMILES string of the molecule is CCC(O)CC(N)(CC(C)C)C(=O)NC. The number of carbonyl (C=O) groups is 1. The Bertz CT molecular complexity index is 207. The molecular formula is C11H24N2O2. The van der Waals surface area contributed by atoms with Gasteiger partial charge in [0, 0.05) is 13.5 Å². The van der Waals surface area contributed by atoms with Crippen LogP contribution >= 0.6 is 0 Å². The molecule has 15 heavy (non-hydrogen) atoms. The summed E-state index contributed by atoms with van der Waals surface area (Å²) < 4.78 is 0. The monoisotopic (exact) mass is 216 g/mol. The largest absolute Gasteiger partial charge is 0.393 e. The van der Waals surface area contributed by atoms with Crippen LogP contribution in [0, 0.1) is 5.92 Å². The molecule has 4 heteroatoms. The molecule has 1 amide bonds. The normalized spacial score (nSPS) is 17.3. The minimum absolute atomic E-state index is 0.191. The third-order valence-electron chi connectivity index (χ3n) is 2.52. The summed E-state index contributed by atoms with van der Waals surface area (Å²) in [7, 11) is 1.57. The van der Waals surface area contributed by atoms with Crippen molar-refractivity contribution in [3.63, 3.8) is 0 Å². The highest BCUT2D eigenvalue weighted by molar-refractivity contribution is 5.85. The van der Waals surface area contributed by atoms with E-state index in [0.717, 1.165) is 0 Å². The number of nitrogens with one attached hydrogen (secondary N) is 1. The molecule has 4 nitrogen and oxygen atoms in total. The molecule has 0 aliphatic carbocycles. The molecule has 0 aliphatic rings. The van der Waals surface area contributed by atoms with Crippen molar-refractivity contribution in [3.8, 4) is 0 Å². The molecule has 0 rings (SSSR count). The van der Waals surface area contributed by atoms with E-state index in [2.05, 4.69) is 5.32 Å². The van der Waals surface area contributed by atoms with Gasteiger partial charge in [-0.2, -0.15) is 0 Å². The number of aliphatic hydroxyl groups excluding tert-OH is 1. The minimum Gasteiger partial charge on any atom is -0.393 e. The van der Waals surface area contributed by atoms with Crippen molar-refractivity contribution in [2.45, 2.75) is 51.7 Å². The van der Waals surface area contributed by atoms with E-state index in [1.807, 2.05) is 20.8 Å². The molecule has 0 heterocycles. The van der Waals surface area contributed by atoms with Crippen molar-refractivity contribution in [1.29, 1.82) is 0 Å². The Hall–Kier alpha value is -0.610. The van der Waals surface area contributed by atoms with Crippen molar-refractivity contribution in [2.24, 2.45) is 11.7 Å². The van der Waals surface area contributed by atoms with Crippen LogP contribution in [0.15, 0.2) is 0 Å². The van der Waals surface area contributed by atoms with Gasteiger partial charge in [-0.3, -0.25) is 4.79 Å². The Morgan fingerprint density at radius 3 is 2.33 bits per heavy atom. The highest BCUT2D eigenvalue weighted by Crippen LogP contribution is 2.21. The highest BCUT2D eigenvalue weighted by Gasteiger charge is 2.35. The topological polar surface area (TPSA) is 75.3 Å². The first-order valence-corrected chi connectivity index (χ1v) is 5.54. The molecule has 0 spiro atoms. The number of likely N-dealkylation sites (N-methyl/N-ethyl adjacent to an activating group) is 1. The van der Waals surface area contributed by atoms with Crippen LogP contribution in [-0.4, -0.2) is 29.7 Å². The lowest BCUT2D eigenvalue weighted by molar-refractivity contribution is -0.127. The quantitative estimate of drug-likeness (QED) is 0.610. The van der Waals surface area contributed by atoms with E-state index in [4.69, 9.17) is 5.73 Å². The molecule has 0 aromatic heterocycles. The van der Waals surface area contributed by atoms with Gasteiger partial charge >= 0.3 is 0 Å². The second-order valence-corrected chi connectivity index (χ2v) is 4.60. The van der Waals surface area contributed by atoms with Gasteiger partial charge in [-0.1, -0.05) is 20.8 Å². The van der Waals surface area contributed by atoms with Crippen LogP contribution in [0.1, 0.15) is 40.0 Å². The molecule has 4 N–H and O–H groups in total. The zero-order valence-electron chi connectivity index (χ0n) is 10.2. The number of rotatable bonds is 6. The van der Waals surface area contributed by atoms with Gasteiger partial charge in [0.25, 0.3) is 0 Å². The molecule has 0 aromatic carbocycles. The highest BCUT2D eigenvalue weighted by atomic mass is 16.3. The second kappa shape index (κ2) is 6.08. The van der Waals surface area contributed by atoms with Gasteiger partial charge in [0.1, 0.15) is 0 Å². The summed E-state index contributed by atoms with van der Waals surface area (Å²) in [5.74, 6) is 0.139. The standard InChI is InChI=1S/C11H24N2O2/c1-5-9(14)7-11(12,6-8(2)3)10(15)13-4/h8-9,14H,5-7,12H2,1-4H3,(H,13,15). The third-order valence-corrected chi connectivity index (χ3v) is 2.52. The lowest BCUT2D eigenvalue weighted by Crippen LogP contribution is -2.55. The summed E-state index contributed by atoms with van der Waals surface area (Å²) in [6.07, 6.45) is 1.02. The van der Waals surface area contributed by atoms with E-state index in [0.29, 0.717) is 25.2 Å². The third kappa shape index (κ3) is 4.62. The van der Waals surface area contributed by atoms with Gasteiger partial charge in [-0.15, -0.1) is 0 Å². The first-order chi connectivity index (χ1) is 6.85. The predicted octanol–water partition coefficient (Wildman–Crippen LogP) is 0.637. The first-order valence-electron chi connectivity index (χ1n) is 5.54. The van der Waals surface area contributed by atoms with Crippen molar-refractivity contribution in [1.82, 2.24) is 5.32 Å². The summed E-state index contributed by atoms with van der Waals surface area (Å²) >= 11 is 0. The van der Waals surface area contributed by atoms with Gasteiger partial charge in [-0.05, 0) is 18.8 Å². The fourth-order valence-electron chi connectivity index (χ4n) is 1.81. The fraction of sp³-hybridized carbons (Fsp3) is 0.909. The van der Waals surface area contributed by atoms with Crippen molar-refractivity contribution in [3.05, 3.63) is 0 Å². The van der Waals surface area contributed by atoms with E-state index in [-0.39, 0.29) is 5.91 Å². The maximum Gasteiger partial charge on any atom is 0.239 e. The molecule has 0 bridgehead atoms. The Morgan fingerprint density at radius 1 is 1.47 bits per heavy atom. The Morgan fingerprint density at radius 2 is 2.00 bits per heavy atom. The molecule has 90 valence electrons. The number of carbonyl (C=O) groups excluding carboxylic acids is 1. The average molecular weight is 216 g/mol. The smallest absolute Gasteiger partial charge is 0.239 e. The van der Waals surface area contributed by atoms with Gasteiger partial charge in [0.2, 0.25) is 5.91 Å². The van der Waals surface area contributed by atoms with Gasteiger partial charge in [0.05, 0.1) is 11.6 Å². The summed E-state index contributed by atoms with van der Waals surface area (Å²) in [5.41, 5.74) is 5.11. The Kier molecular flexibility index (Phi) is 5.83. The molecule has 0 aromatic rings. The van der Waals surface area contributed by atoms with Crippen LogP contribution < -0.4 is 11.1 Å². The van der Waals surface area contributed by atoms with Crippen LogP contribution in [0.4, 0.5) is 0 Å². The molecule has 0 saturated heterocycles. The minimum atomic E-state index is -0.946.